The number of sulfonamides is 1. The number of anilines is 2. The molecule has 29 heavy (non-hydrogen) atoms. The summed E-state index contributed by atoms with van der Waals surface area (Å²) in [6.45, 7) is 4.06. The lowest BCUT2D eigenvalue weighted by Gasteiger charge is -2.23. The number of amides is 1. The number of methoxy groups -OCH3 is 2. The number of benzene rings is 2. The van der Waals surface area contributed by atoms with Crippen LogP contribution in [0.25, 0.3) is 0 Å². The van der Waals surface area contributed by atoms with Gasteiger partial charge in [-0.25, -0.2) is 8.42 Å². The van der Waals surface area contributed by atoms with Gasteiger partial charge in [-0.15, -0.1) is 0 Å². The van der Waals surface area contributed by atoms with Gasteiger partial charge < -0.3 is 14.8 Å². The van der Waals surface area contributed by atoms with E-state index in [9.17, 15) is 13.2 Å². The molecule has 0 radical (unpaired) electrons. The van der Waals surface area contributed by atoms with E-state index in [-0.39, 0.29) is 18.9 Å². The third kappa shape index (κ3) is 6.39. The molecular weight excluding hydrogens is 392 g/mol. The van der Waals surface area contributed by atoms with Gasteiger partial charge in [-0.3, -0.25) is 9.10 Å². The minimum atomic E-state index is -3.46. The van der Waals surface area contributed by atoms with Gasteiger partial charge in [0.25, 0.3) is 0 Å². The molecule has 0 aromatic heterocycles. The van der Waals surface area contributed by atoms with Crippen LogP contribution in [0.5, 0.6) is 11.5 Å². The normalized spacial score (nSPS) is 11.1. The highest BCUT2D eigenvalue weighted by molar-refractivity contribution is 7.92. The van der Waals surface area contributed by atoms with Crippen LogP contribution in [0.1, 0.15) is 24.0 Å². The number of carbonyl (C=O) groups excluding carboxylic acids is 1. The number of hydrogen-bond donors (Lipinski definition) is 1. The van der Waals surface area contributed by atoms with Crippen molar-refractivity contribution in [1.29, 1.82) is 0 Å². The summed E-state index contributed by atoms with van der Waals surface area (Å²) in [5.74, 6) is 0.886. The fourth-order valence-corrected chi connectivity index (χ4v) is 4.04. The first kappa shape index (κ1) is 22.5. The molecule has 0 saturated heterocycles. The van der Waals surface area contributed by atoms with Crippen LogP contribution in [0.4, 0.5) is 11.4 Å². The van der Waals surface area contributed by atoms with E-state index in [0.717, 1.165) is 11.1 Å². The molecule has 0 aliphatic carbocycles. The van der Waals surface area contributed by atoms with Crippen molar-refractivity contribution in [3.63, 3.8) is 0 Å². The SMILES string of the molecule is COc1ccc(OC)c(NC(=O)CCCN(c2cc(C)cc(C)c2)S(C)(=O)=O)c1. The van der Waals surface area contributed by atoms with Crippen LogP contribution in [0.3, 0.4) is 0 Å². The molecule has 0 aliphatic heterocycles. The molecule has 0 unspecified atom stereocenters. The van der Waals surface area contributed by atoms with E-state index in [4.69, 9.17) is 9.47 Å². The van der Waals surface area contributed by atoms with Crippen LogP contribution in [0.2, 0.25) is 0 Å². The molecule has 0 bridgehead atoms. The minimum Gasteiger partial charge on any atom is -0.497 e. The molecule has 2 rings (SSSR count). The molecule has 0 heterocycles. The van der Waals surface area contributed by atoms with Crippen molar-refractivity contribution in [3.05, 3.63) is 47.5 Å². The second kappa shape index (κ2) is 9.65. The fourth-order valence-electron chi connectivity index (χ4n) is 3.09. The molecule has 2 aromatic rings. The highest BCUT2D eigenvalue weighted by atomic mass is 32.2. The summed E-state index contributed by atoms with van der Waals surface area (Å²) in [6, 6.07) is 10.8. The average molecular weight is 421 g/mol. The first-order valence-corrected chi connectivity index (χ1v) is 11.1. The Labute approximate surface area is 172 Å². The number of nitrogens with zero attached hydrogens (tertiary/aromatic N) is 1. The van der Waals surface area contributed by atoms with Crippen molar-refractivity contribution in [1.82, 2.24) is 0 Å². The Morgan fingerprint density at radius 1 is 1.03 bits per heavy atom. The van der Waals surface area contributed by atoms with Gasteiger partial charge in [-0.05, 0) is 55.7 Å². The molecule has 0 fully saturated rings. The molecule has 8 heteroatoms. The highest BCUT2D eigenvalue weighted by Gasteiger charge is 2.18. The lowest BCUT2D eigenvalue weighted by atomic mass is 10.1. The maximum Gasteiger partial charge on any atom is 0.232 e. The monoisotopic (exact) mass is 420 g/mol. The number of nitrogens with one attached hydrogen (secondary N) is 1. The molecule has 158 valence electrons. The Balaban J connectivity index is 2.05. The molecule has 7 nitrogen and oxygen atoms in total. The Kier molecular flexibility index (Phi) is 7.50. The van der Waals surface area contributed by atoms with Crippen LogP contribution in [0, 0.1) is 13.8 Å². The number of ether oxygens (including phenoxy) is 2. The Hall–Kier alpha value is -2.74. The van der Waals surface area contributed by atoms with E-state index in [1.807, 2.05) is 32.0 Å². The van der Waals surface area contributed by atoms with Gasteiger partial charge in [0.15, 0.2) is 0 Å². The summed E-state index contributed by atoms with van der Waals surface area (Å²) in [7, 11) is -0.402. The van der Waals surface area contributed by atoms with Crippen molar-refractivity contribution in [2.75, 3.05) is 36.6 Å². The van der Waals surface area contributed by atoms with Crippen molar-refractivity contribution < 1.29 is 22.7 Å². The topological polar surface area (TPSA) is 84.9 Å². The summed E-state index contributed by atoms with van der Waals surface area (Å²) in [5, 5.41) is 2.79. The smallest absolute Gasteiger partial charge is 0.232 e. The number of carbonyl (C=O) groups is 1. The zero-order chi connectivity index (χ0) is 21.6. The second-order valence-electron chi connectivity index (χ2n) is 6.90. The second-order valence-corrected chi connectivity index (χ2v) is 8.81. The first-order valence-electron chi connectivity index (χ1n) is 9.22. The summed E-state index contributed by atoms with van der Waals surface area (Å²) >= 11 is 0. The minimum absolute atomic E-state index is 0.164. The van der Waals surface area contributed by atoms with Crippen LogP contribution < -0.4 is 19.1 Å². The molecule has 0 aliphatic rings. The zero-order valence-electron chi connectivity index (χ0n) is 17.5. The third-order valence-electron chi connectivity index (χ3n) is 4.34. The number of aryl methyl sites for hydroxylation is 2. The summed E-state index contributed by atoms with van der Waals surface area (Å²) in [4.78, 5) is 12.4. The quantitative estimate of drug-likeness (QED) is 0.671. The zero-order valence-corrected chi connectivity index (χ0v) is 18.3. The molecule has 2 aromatic carbocycles. The van der Waals surface area contributed by atoms with E-state index in [0.29, 0.717) is 29.3 Å². The molecule has 1 N–H and O–H groups in total. The van der Waals surface area contributed by atoms with Crippen molar-refractivity contribution >= 4 is 27.3 Å². The van der Waals surface area contributed by atoms with Gasteiger partial charge in [-0.1, -0.05) is 6.07 Å². The predicted molar refractivity (Wildman–Crippen MR) is 116 cm³/mol. The van der Waals surface area contributed by atoms with Crippen molar-refractivity contribution in [2.45, 2.75) is 26.7 Å². The van der Waals surface area contributed by atoms with Gasteiger partial charge in [0, 0.05) is 19.0 Å². The predicted octanol–water partition coefficient (Wildman–Crippen LogP) is 3.51. The van der Waals surface area contributed by atoms with Crippen LogP contribution in [-0.4, -0.2) is 41.3 Å². The van der Waals surface area contributed by atoms with Crippen LogP contribution in [-0.2, 0) is 14.8 Å². The Morgan fingerprint density at radius 2 is 1.69 bits per heavy atom. The largest absolute Gasteiger partial charge is 0.497 e. The van der Waals surface area contributed by atoms with E-state index in [2.05, 4.69) is 5.32 Å². The standard InChI is InChI=1S/C21H28N2O5S/c1-15-11-16(2)13-17(12-15)23(29(5,25)26)10-6-7-21(24)22-19-14-18(27-3)8-9-20(19)28-4/h8-9,11-14H,6-7,10H2,1-5H3,(H,22,24). The Morgan fingerprint density at radius 3 is 2.24 bits per heavy atom. The molecule has 0 atom stereocenters. The summed E-state index contributed by atoms with van der Waals surface area (Å²) in [5.41, 5.74) is 3.08. The number of hydrogen-bond acceptors (Lipinski definition) is 5. The maximum atomic E-state index is 12.4. The van der Waals surface area contributed by atoms with E-state index in [1.54, 1.807) is 25.3 Å². The third-order valence-corrected chi connectivity index (χ3v) is 5.53. The highest BCUT2D eigenvalue weighted by Crippen LogP contribution is 2.29. The molecule has 0 spiro atoms. The Bertz CT molecular complexity index is 953. The van der Waals surface area contributed by atoms with Gasteiger partial charge in [0.2, 0.25) is 15.9 Å². The molecule has 1 amide bonds. The maximum absolute atomic E-state index is 12.4. The average Bonchev–Trinajstić information content (AvgIpc) is 2.63. The van der Waals surface area contributed by atoms with Gasteiger partial charge >= 0.3 is 0 Å². The lowest BCUT2D eigenvalue weighted by molar-refractivity contribution is -0.116. The fraction of sp³-hybridized carbons (Fsp3) is 0.381. The molecular formula is C21H28N2O5S. The molecule has 0 saturated carbocycles. The van der Waals surface area contributed by atoms with Gasteiger partial charge in [0.05, 0.1) is 31.9 Å². The van der Waals surface area contributed by atoms with E-state index >= 15 is 0 Å². The van der Waals surface area contributed by atoms with Crippen molar-refractivity contribution in [3.8, 4) is 11.5 Å². The van der Waals surface area contributed by atoms with Crippen LogP contribution >= 0.6 is 0 Å². The van der Waals surface area contributed by atoms with E-state index in [1.165, 1.54) is 17.7 Å². The van der Waals surface area contributed by atoms with Crippen LogP contribution in [0.15, 0.2) is 36.4 Å². The first-order chi connectivity index (χ1) is 13.6. The summed E-state index contributed by atoms with van der Waals surface area (Å²) < 4.78 is 36.3. The lowest BCUT2D eigenvalue weighted by Crippen LogP contribution is -2.31. The summed E-state index contributed by atoms with van der Waals surface area (Å²) in [6.07, 6.45) is 1.71. The van der Waals surface area contributed by atoms with Crippen molar-refractivity contribution in [2.24, 2.45) is 0 Å². The van der Waals surface area contributed by atoms with Gasteiger partial charge in [0.1, 0.15) is 11.5 Å². The van der Waals surface area contributed by atoms with Gasteiger partial charge in [-0.2, -0.15) is 0 Å². The number of rotatable bonds is 9. The van der Waals surface area contributed by atoms with E-state index < -0.39 is 10.0 Å².